The van der Waals surface area contributed by atoms with Crippen molar-refractivity contribution in [3.63, 3.8) is 0 Å². The van der Waals surface area contributed by atoms with Gasteiger partial charge in [0.05, 0.1) is 0 Å². The Bertz CT molecular complexity index is 966. The molecule has 0 bridgehead atoms. The quantitative estimate of drug-likeness (QED) is 0.594. The Morgan fingerprint density at radius 2 is 1.28 bits per heavy atom. The highest BCUT2D eigenvalue weighted by Crippen LogP contribution is 2.18. The van der Waals surface area contributed by atoms with E-state index in [1.807, 2.05) is 51.7 Å². The summed E-state index contributed by atoms with van der Waals surface area (Å²) in [5.74, 6) is 0.512. The van der Waals surface area contributed by atoms with Gasteiger partial charge in [0.25, 0.3) is 0 Å². The molecule has 2 aromatic rings. The van der Waals surface area contributed by atoms with Crippen LogP contribution in [0.2, 0.25) is 0 Å². The second-order valence-electron chi connectivity index (χ2n) is 9.84. The van der Waals surface area contributed by atoms with Crippen molar-refractivity contribution >= 4 is 30.1 Å². The third-order valence-corrected chi connectivity index (χ3v) is 5.55. The molecule has 2 fully saturated rings. The van der Waals surface area contributed by atoms with Gasteiger partial charge in [-0.25, -0.2) is 14.8 Å². The van der Waals surface area contributed by atoms with Gasteiger partial charge in [-0.15, -0.1) is 12.4 Å². The Kier molecular flexibility index (Phi) is 10.7. The molecule has 2 aliphatic rings. The highest BCUT2D eigenvalue weighted by molar-refractivity contribution is 5.85. The molecule has 2 aromatic heterocycles. The number of nitrogens with zero attached hydrogens (tertiary/aromatic N) is 5. The number of carbonyl (C=O) groups excluding carboxylic acids is 1. The van der Waals surface area contributed by atoms with Crippen LogP contribution in [-0.2, 0) is 4.74 Å². The minimum absolute atomic E-state index is 0. The molecule has 2 saturated heterocycles. The number of ether oxygens (including phenoxy) is 1. The number of aromatic nitrogens is 2. The molecule has 36 heavy (non-hydrogen) atoms. The summed E-state index contributed by atoms with van der Waals surface area (Å²) in [6.45, 7) is 15.3. The lowest BCUT2D eigenvalue weighted by Gasteiger charge is -2.36. The zero-order valence-electron chi connectivity index (χ0n) is 21.7. The minimum Gasteiger partial charge on any atom is -0.444 e. The third kappa shape index (κ3) is 9.05. The molecule has 0 atom stereocenters. The first-order valence-corrected chi connectivity index (χ1v) is 12.0. The maximum Gasteiger partial charge on any atom is 0.410 e. The van der Waals surface area contributed by atoms with Gasteiger partial charge in [0, 0.05) is 52.4 Å². The van der Waals surface area contributed by atoms with Crippen LogP contribution in [0.15, 0.2) is 24.3 Å². The molecule has 0 unspecified atom stereocenters. The molecule has 1 amide bonds. The van der Waals surface area contributed by atoms with Crippen LogP contribution in [0.4, 0.5) is 25.2 Å². The summed E-state index contributed by atoms with van der Waals surface area (Å²) in [4.78, 5) is 25.5. The first-order chi connectivity index (χ1) is 16.5. The zero-order chi connectivity index (χ0) is 25.6. The van der Waals surface area contributed by atoms with E-state index in [0.717, 1.165) is 43.1 Å². The van der Waals surface area contributed by atoms with Gasteiger partial charge in [-0.1, -0.05) is 0 Å². The summed E-state index contributed by atoms with van der Waals surface area (Å²) in [6, 6.07) is 6.63. The number of carbonyl (C=O) groups is 1. The normalized spacial score (nSPS) is 16.0. The van der Waals surface area contributed by atoms with Gasteiger partial charge < -0.3 is 24.8 Å². The Balaban J connectivity index is 0.000000265. The van der Waals surface area contributed by atoms with Crippen molar-refractivity contribution in [2.75, 3.05) is 62.2 Å². The van der Waals surface area contributed by atoms with E-state index < -0.39 is 17.5 Å². The van der Waals surface area contributed by atoms with Crippen LogP contribution in [0.3, 0.4) is 0 Å². The number of pyridine rings is 2. The SMILES string of the molecule is Cc1cc(F)nc(N2CCN(C(=O)OC(C)(C)C)CC2)c1.Cc1cc(F)nc(N2CCNCC2)c1.Cl. The summed E-state index contributed by atoms with van der Waals surface area (Å²) in [6.07, 6.45) is -0.300. The summed E-state index contributed by atoms with van der Waals surface area (Å²) in [5.41, 5.74) is 1.27. The predicted octanol–water partition coefficient (Wildman–Crippen LogP) is 3.95. The van der Waals surface area contributed by atoms with Crippen LogP contribution in [-0.4, -0.2) is 78.9 Å². The smallest absolute Gasteiger partial charge is 0.410 e. The number of aryl methyl sites for hydroxylation is 2. The Morgan fingerprint density at radius 1 is 0.833 bits per heavy atom. The van der Waals surface area contributed by atoms with E-state index in [0.29, 0.717) is 32.0 Å². The summed E-state index contributed by atoms with van der Waals surface area (Å²) in [7, 11) is 0. The zero-order valence-corrected chi connectivity index (χ0v) is 22.5. The topological polar surface area (TPSA) is 73.8 Å². The van der Waals surface area contributed by atoms with Crippen molar-refractivity contribution in [3.05, 3.63) is 47.3 Å². The van der Waals surface area contributed by atoms with Gasteiger partial charge in [-0.3, -0.25) is 0 Å². The molecule has 0 spiro atoms. The lowest BCUT2D eigenvalue weighted by atomic mass is 10.2. The monoisotopic (exact) mass is 526 g/mol. The predicted molar refractivity (Wildman–Crippen MR) is 140 cm³/mol. The molecule has 4 rings (SSSR count). The number of piperazine rings is 2. The molecule has 4 heterocycles. The molecule has 0 saturated carbocycles. The van der Waals surface area contributed by atoms with Crippen LogP contribution in [0.25, 0.3) is 0 Å². The molecular formula is C25H37ClF2N6O2. The van der Waals surface area contributed by atoms with Crippen LogP contribution in [0.5, 0.6) is 0 Å². The number of halogens is 3. The van der Waals surface area contributed by atoms with Gasteiger partial charge in [0.2, 0.25) is 11.9 Å². The molecule has 1 N–H and O–H groups in total. The van der Waals surface area contributed by atoms with Gasteiger partial charge in [-0.05, 0) is 70.0 Å². The Morgan fingerprint density at radius 3 is 1.69 bits per heavy atom. The molecule has 200 valence electrons. The summed E-state index contributed by atoms with van der Waals surface area (Å²) in [5, 5.41) is 3.25. The summed E-state index contributed by atoms with van der Waals surface area (Å²) < 4.78 is 31.7. The standard InChI is InChI=1S/C15H22FN3O2.C10H14FN3.ClH/c1-11-9-12(16)17-13(10-11)18-5-7-19(8-6-18)14(20)21-15(2,3)4;1-8-6-9(11)13-10(7-8)14-4-2-12-3-5-14;/h9-10H,5-8H2,1-4H3;6-7,12H,2-5H2,1H3;1H. The van der Waals surface area contributed by atoms with Crippen molar-refractivity contribution in [1.82, 2.24) is 20.2 Å². The van der Waals surface area contributed by atoms with Crippen molar-refractivity contribution < 1.29 is 18.3 Å². The third-order valence-electron chi connectivity index (χ3n) is 5.55. The maximum atomic E-state index is 13.4. The number of amides is 1. The molecule has 0 radical (unpaired) electrons. The summed E-state index contributed by atoms with van der Waals surface area (Å²) >= 11 is 0. The lowest BCUT2D eigenvalue weighted by molar-refractivity contribution is 0.0240. The minimum atomic E-state index is -0.491. The van der Waals surface area contributed by atoms with E-state index in [1.54, 1.807) is 4.90 Å². The first kappa shape index (κ1) is 29.5. The molecule has 0 aliphatic carbocycles. The Hall–Kier alpha value is -2.72. The van der Waals surface area contributed by atoms with E-state index in [-0.39, 0.29) is 18.5 Å². The van der Waals surface area contributed by atoms with Gasteiger partial charge in [0.15, 0.2) is 0 Å². The second kappa shape index (κ2) is 13.0. The van der Waals surface area contributed by atoms with Crippen molar-refractivity contribution in [2.45, 2.75) is 40.2 Å². The average molecular weight is 527 g/mol. The number of hydrogen-bond acceptors (Lipinski definition) is 7. The number of rotatable bonds is 2. The number of nitrogens with one attached hydrogen (secondary N) is 1. The first-order valence-electron chi connectivity index (χ1n) is 12.0. The second-order valence-corrected chi connectivity index (χ2v) is 9.84. The van der Waals surface area contributed by atoms with Crippen LogP contribution in [0, 0.1) is 25.7 Å². The Labute approximate surface area is 218 Å². The van der Waals surface area contributed by atoms with Gasteiger partial charge in [-0.2, -0.15) is 8.78 Å². The van der Waals surface area contributed by atoms with Crippen molar-refractivity contribution in [3.8, 4) is 0 Å². The number of hydrogen-bond donors (Lipinski definition) is 1. The van der Waals surface area contributed by atoms with E-state index in [2.05, 4.69) is 20.2 Å². The fourth-order valence-corrected chi connectivity index (χ4v) is 3.88. The van der Waals surface area contributed by atoms with E-state index >= 15 is 0 Å². The fourth-order valence-electron chi connectivity index (χ4n) is 3.88. The van der Waals surface area contributed by atoms with Crippen LogP contribution < -0.4 is 15.1 Å². The van der Waals surface area contributed by atoms with Crippen molar-refractivity contribution in [1.29, 1.82) is 0 Å². The molecule has 11 heteroatoms. The molecule has 8 nitrogen and oxygen atoms in total. The molecule has 0 aromatic carbocycles. The van der Waals surface area contributed by atoms with E-state index in [4.69, 9.17) is 4.74 Å². The van der Waals surface area contributed by atoms with E-state index in [9.17, 15) is 13.6 Å². The average Bonchev–Trinajstić information content (AvgIpc) is 2.78. The van der Waals surface area contributed by atoms with Crippen LogP contribution >= 0.6 is 12.4 Å². The van der Waals surface area contributed by atoms with Gasteiger partial charge >= 0.3 is 6.09 Å². The highest BCUT2D eigenvalue weighted by atomic mass is 35.5. The largest absolute Gasteiger partial charge is 0.444 e. The number of anilines is 2. The fraction of sp³-hybridized carbons (Fsp3) is 0.560. The van der Waals surface area contributed by atoms with Crippen molar-refractivity contribution in [2.24, 2.45) is 0 Å². The van der Waals surface area contributed by atoms with Crippen LogP contribution in [0.1, 0.15) is 31.9 Å². The molecular weight excluding hydrogens is 490 g/mol. The van der Waals surface area contributed by atoms with Gasteiger partial charge in [0.1, 0.15) is 17.2 Å². The lowest BCUT2D eigenvalue weighted by Crippen LogP contribution is -2.50. The van der Waals surface area contributed by atoms with E-state index in [1.165, 1.54) is 12.1 Å². The highest BCUT2D eigenvalue weighted by Gasteiger charge is 2.26. The molecule has 2 aliphatic heterocycles. The maximum absolute atomic E-state index is 13.4.